The van der Waals surface area contributed by atoms with Crippen molar-refractivity contribution in [2.24, 2.45) is 0 Å². The van der Waals surface area contributed by atoms with Gasteiger partial charge >= 0.3 is 0 Å². The van der Waals surface area contributed by atoms with Crippen LogP contribution >= 0.6 is 0 Å². The lowest BCUT2D eigenvalue weighted by Gasteiger charge is -2.13. The SMILES string of the molecule is CCCCCn1nc(C(=O)NNC(=O)CNc2ccc(C)cc2C)c2ccccc2c1=O. The summed E-state index contributed by atoms with van der Waals surface area (Å²) in [7, 11) is 0. The van der Waals surface area contributed by atoms with Crippen LogP contribution in [0.3, 0.4) is 0 Å². The number of aryl methyl sites for hydroxylation is 3. The summed E-state index contributed by atoms with van der Waals surface area (Å²) in [4.78, 5) is 37.7. The van der Waals surface area contributed by atoms with Crippen molar-refractivity contribution in [1.82, 2.24) is 20.6 Å². The van der Waals surface area contributed by atoms with Crippen LogP contribution in [0.2, 0.25) is 0 Å². The number of unbranched alkanes of at least 4 members (excludes halogenated alkanes) is 2. The van der Waals surface area contributed by atoms with E-state index in [1.54, 1.807) is 24.3 Å². The molecule has 2 amide bonds. The normalized spacial score (nSPS) is 10.7. The Hall–Kier alpha value is -3.68. The lowest BCUT2D eigenvalue weighted by molar-refractivity contribution is -0.120. The number of benzene rings is 2. The van der Waals surface area contributed by atoms with Gasteiger partial charge in [0.15, 0.2) is 5.69 Å². The predicted octanol–water partition coefficient (Wildman–Crippen LogP) is 3.08. The van der Waals surface area contributed by atoms with Gasteiger partial charge in [-0.1, -0.05) is 55.7 Å². The van der Waals surface area contributed by atoms with Crippen LogP contribution < -0.4 is 21.7 Å². The van der Waals surface area contributed by atoms with Crippen LogP contribution in [0, 0.1) is 13.8 Å². The maximum absolute atomic E-state index is 12.8. The highest BCUT2D eigenvalue weighted by molar-refractivity contribution is 6.05. The molecule has 0 aliphatic carbocycles. The molecule has 0 saturated carbocycles. The summed E-state index contributed by atoms with van der Waals surface area (Å²) in [5.74, 6) is -0.982. The fourth-order valence-corrected chi connectivity index (χ4v) is 3.48. The summed E-state index contributed by atoms with van der Waals surface area (Å²) in [6.07, 6.45) is 2.77. The summed E-state index contributed by atoms with van der Waals surface area (Å²) in [6, 6.07) is 12.7. The topological polar surface area (TPSA) is 105 Å². The van der Waals surface area contributed by atoms with Crippen molar-refractivity contribution >= 4 is 28.3 Å². The summed E-state index contributed by atoms with van der Waals surface area (Å²) in [6.45, 7) is 6.47. The third kappa shape index (κ3) is 5.51. The number of rotatable bonds is 8. The van der Waals surface area contributed by atoms with Gasteiger partial charge in [0.05, 0.1) is 11.9 Å². The number of nitrogens with one attached hydrogen (secondary N) is 3. The van der Waals surface area contributed by atoms with Gasteiger partial charge in [0.25, 0.3) is 17.4 Å². The monoisotopic (exact) mass is 435 g/mol. The molecule has 0 saturated heterocycles. The Morgan fingerprint density at radius 3 is 2.47 bits per heavy atom. The molecule has 2 aromatic carbocycles. The van der Waals surface area contributed by atoms with E-state index in [0.29, 0.717) is 17.3 Å². The highest BCUT2D eigenvalue weighted by atomic mass is 16.2. The van der Waals surface area contributed by atoms with E-state index in [0.717, 1.165) is 36.1 Å². The molecule has 168 valence electrons. The lowest BCUT2D eigenvalue weighted by atomic mass is 10.1. The second-order valence-corrected chi connectivity index (χ2v) is 7.80. The zero-order chi connectivity index (χ0) is 23.1. The zero-order valence-electron chi connectivity index (χ0n) is 18.7. The van der Waals surface area contributed by atoms with Gasteiger partial charge in [-0.25, -0.2) is 4.68 Å². The molecule has 1 heterocycles. The first-order valence-electron chi connectivity index (χ1n) is 10.8. The Labute approximate surface area is 187 Å². The Morgan fingerprint density at radius 1 is 1.00 bits per heavy atom. The Bertz CT molecular complexity index is 1190. The Morgan fingerprint density at radius 2 is 1.75 bits per heavy atom. The molecule has 3 rings (SSSR count). The summed E-state index contributed by atoms with van der Waals surface area (Å²) in [5.41, 5.74) is 7.70. The molecule has 8 heteroatoms. The first-order valence-corrected chi connectivity index (χ1v) is 10.8. The molecule has 0 fully saturated rings. The smallest absolute Gasteiger partial charge is 0.290 e. The van der Waals surface area contributed by atoms with Gasteiger partial charge in [-0.3, -0.25) is 25.2 Å². The third-order valence-corrected chi connectivity index (χ3v) is 5.19. The van der Waals surface area contributed by atoms with E-state index >= 15 is 0 Å². The number of nitrogens with zero attached hydrogens (tertiary/aromatic N) is 2. The van der Waals surface area contributed by atoms with E-state index in [9.17, 15) is 14.4 Å². The highest BCUT2D eigenvalue weighted by Crippen LogP contribution is 2.15. The molecule has 1 aromatic heterocycles. The standard InChI is InChI=1S/C24H29N5O3/c1-4-5-8-13-29-24(32)19-10-7-6-9-18(19)22(28-29)23(31)27-26-21(30)15-25-20-12-11-16(2)14-17(20)3/h6-7,9-12,14,25H,4-5,8,13,15H2,1-3H3,(H,26,30)(H,27,31). The van der Waals surface area contributed by atoms with Crippen LogP contribution in [0.5, 0.6) is 0 Å². The number of carbonyl (C=O) groups excluding carboxylic acids is 2. The second kappa shape index (κ2) is 10.6. The minimum absolute atomic E-state index is 0.00509. The van der Waals surface area contributed by atoms with Gasteiger partial charge in [0, 0.05) is 17.6 Å². The van der Waals surface area contributed by atoms with Gasteiger partial charge < -0.3 is 5.32 Å². The number of hydrazine groups is 1. The quantitative estimate of drug-likeness (QED) is 0.373. The van der Waals surface area contributed by atoms with Gasteiger partial charge in [-0.15, -0.1) is 0 Å². The fourth-order valence-electron chi connectivity index (χ4n) is 3.48. The van der Waals surface area contributed by atoms with Crippen molar-refractivity contribution in [1.29, 1.82) is 0 Å². The Balaban J connectivity index is 1.69. The molecule has 3 aromatic rings. The van der Waals surface area contributed by atoms with Crippen molar-refractivity contribution in [2.75, 3.05) is 11.9 Å². The van der Waals surface area contributed by atoms with Gasteiger partial charge in [0.1, 0.15) is 0 Å². The van der Waals surface area contributed by atoms with Crippen LogP contribution in [0.4, 0.5) is 5.69 Å². The molecule has 0 bridgehead atoms. The van der Waals surface area contributed by atoms with Crippen molar-refractivity contribution in [3.05, 3.63) is 69.6 Å². The first-order chi connectivity index (χ1) is 15.4. The van der Waals surface area contributed by atoms with Crippen LogP contribution in [0.15, 0.2) is 47.3 Å². The number of fused-ring (bicyclic) bond motifs is 1. The van der Waals surface area contributed by atoms with E-state index in [-0.39, 0.29) is 17.8 Å². The molecular formula is C24H29N5O3. The largest absolute Gasteiger partial charge is 0.376 e. The van der Waals surface area contributed by atoms with Crippen LogP contribution in [0.25, 0.3) is 10.8 Å². The number of hydrogen-bond donors (Lipinski definition) is 3. The molecule has 0 aliphatic heterocycles. The second-order valence-electron chi connectivity index (χ2n) is 7.80. The van der Waals surface area contributed by atoms with Gasteiger partial charge in [-0.2, -0.15) is 5.10 Å². The van der Waals surface area contributed by atoms with E-state index in [2.05, 4.69) is 28.2 Å². The fraction of sp³-hybridized carbons (Fsp3) is 0.333. The average Bonchev–Trinajstić information content (AvgIpc) is 2.78. The molecule has 0 spiro atoms. The van der Waals surface area contributed by atoms with Gasteiger partial charge in [0.2, 0.25) is 0 Å². The van der Waals surface area contributed by atoms with Crippen LogP contribution in [0.1, 0.15) is 47.8 Å². The molecular weight excluding hydrogens is 406 g/mol. The van der Waals surface area contributed by atoms with Crippen LogP contribution in [-0.4, -0.2) is 28.1 Å². The molecule has 3 N–H and O–H groups in total. The number of amides is 2. The maximum Gasteiger partial charge on any atom is 0.290 e. The number of carbonyl (C=O) groups is 2. The number of anilines is 1. The summed E-state index contributed by atoms with van der Waals surface area (Å²) in [5, 5.41) is 8.21. The summed E-state index contributed by atoms with van der Waals surface area (Å²) < 4.78 is 1.33. The van der Waals surface area contributed by atoms with Gasteiger partial charge in [-0.05, 0) is 38.0 Å². The van der Waals surface area contributed by atoms with Crippen molar-refractivity contribution in [3.8, 4) is 0 Å². The molecule has 0 radical (unpaired) electrons. The third-order valence-electron chi connectivity index (χ3n) is 5.19. The summed E-state index contributed by atoms with van der Waals surface area (Å²) >= 11 is 0. The van der Waals surface area contributed by atoms with Crippen molar-refractivity contribution < 1.29 is 9.59 Å². The van der Waals surface area contributed by atoms with E-state index in [4.69, 9.17) is 0 Å². The molecule has 8 nitrogen and oxygen atoms in total. The molecule has 0 aliphatic rings. The van der Waals surface area contributed by atoms with E-state index in [1.807, 2.05) is 32.0 Å². The highest BCUT2D eigenvalue weighted by Gasteiger charge is 2.17. The van der Waals surface area contributed by atoms with Crippen molar-refractivity contribution in [3.63, 3.8) is 0 Å². The lowest BCUT2D eigenvalue weighted by Crippen LogP contribution is -2.45. The molecule has 32 heavy (non-hydrogen) atoms. The molecule has 0 atom stereocenters. The van der Waals surface area contributed by atoms with E-state index < -0.39 is 11.8 Å². The average molecular weight is 436 g/mol. The molecule has 0 unspecified atom stereocenters. The van der Waals surface area contributed by atoms with Crippen LogP contribution in [-0.2, 0) is 11.3 Å². The minimum Gasteiger partial charge on any atom is -0.376 e. The zero-order valence-corrected chi connectivity index (χ0v) is 18.7. The maximum atomic E-state index is 12.8. The number of hydrogen-bond acceptors (Lipinski definition) is 5. The number of aromatic nitrogens is 2. The minimum atomic E-state index is -0.578. The first kappa shape index (κ1) is 23.0. The van der Waals surface area contributed by atoms with E-state index in [1.165, 1.54) is 4.68 Å². The van der Waals surface area contributed by atoms with Crippen molar-refractivity contribution in [2.45, 2.75) is 46.6 Å². The Kier molecular flexibility index (Phi) is 7.59. The predicted molar refractivity (Wildman–Crippen MR) is 126 cm³/mol.